The first-order valence-corrected chi connectivity index (χ1v) is 7.57. The Hall–Kier alpha value is -0.570. The van der Waals surface area contributed by atoms with E-state index in [2.05, 4.69) is 19.2 Å². The summed E-state index contributed by atoms with van der Waals surface area (Å²) in [6, 6.07) is 0.414. The zero-order chi connectivity index (χ0) is 13.2. The lowest BCUT2D eigenvalue weighted by Gasteiger charge is -2.30. The van der Waals surface area contributed by atoms with E-state index in [9.17, 15) is 4.79 Å². The van der Waals surface area contributed by atoms with E-state index in [0.29, 0.717) is 6.04 Å². The third kappa shape index (κ3) is 3.05. The van der Waals surface area contributed by atoms with Crippen LogP contribution in [0.3, 0.4) is 0 Å². The van der Waals surface area contributed by atoms with Gasteiger partial charge in [-0.3, -0.25) is 4.79 Å². The summed E-state index contributed by atoms with van der Waals surface area (Å²) in [6.45, 7) is 4.52. The molecule has 2 aliphatic rings. The van der Waals surface area contributed by atoms with E-state index in [1.54, 1.807) is 0 Å². The largest absolute Gasteiger partial charge is 0.353 e. The van der Waals surface area contributed by atoms with Crippen molar-refractivity contribution in [3.63, 3.8) is 0 Å². The van der Waals surface area contributed by atoms with Gasteiger partial charge >= 0.3 is 0 Å². The van der Waals surface area contributed by atoms with Crippen molar-refractivity contribution in [2.75, 3.05) is 0 Å². The minimum Gasteiger partial charge on any atom is -0.353 e. The van der Waals surface area contributed by atoms with Crippen LogP contribution >= 0.6 is 0 Å². The van der Waals surface area contributed by atoms with Gasteiger partial charge in [-0.25, -0.2) is 0 Å². The van der Waals surface area contributed by atoms with Gasteiger partial charge < -0.3 is 11.1 Å². The molecule has 3 N–H and O–H groups in total. The zero-order valence-corrected chi connectivity index (χ0v) is 11.9. The first-order valence-electron chi connectivity index (χ1n) is 7.57. The molecule has 3 atom stereocenters. The lowest BCUT2D eigenvalue weighted by atomic mass is 9.86. The summed E-state index contributed by atoms with van der Waals surface area (Å²) in [6.07, 6.45) is 9.11. The fourth-order valence-electron chi connectivity index (χ4n) is 3.53. The van der Waals surface area contributed by atoms with Crippen molar-refractivity contribution in [2.45, 2.75) is 77.3 Å². The monoisotopic (exact) mass is 252 g/mol. The van der Waals surface area contributed by atoms with E-state index in [0.717, 1.165) is 25.7 Å². The minimum absolute atomic E-state index is 0.0453. The highest BCUT2D eigenvalue weighted by molar-refractivity contribution is 5.79. The molecule has 0 aromatic heterocycles. The first-order chi connectivity index (χ1) is 8.50. The summed E-state index contributed by atoms with van der Waals surface area (Å²) in [4.78, 5) is 12.4. The van der Waals surface area contributed by atoms with Crippen molar-refractivity contribution in [1.29, 1.82) is 0 Å². The number of hydrogen-bond donors (Lipinski definition) is 2. The molecule has 3 unspecified atom stereocenters. The van der Waals surface area contributed by atoms with Gasteiger partial charge in [0.05, 0.1) is 5.92 Å². The molecular formula is C15H28N2O. The second-order valence-corrected chi connectivity index (χ2v) is 6.85. The van der Waals surface area contributed by atoms with Crippen LogP contribution in [0, 0.1) is 11.3 Å². The fourth-order valence-corrected chi connectivity index (χ4v) is 3.53. The summed E-state index contributed by atoms with van der Waals surface area (Å²) in [5.41, 5.74) is 6.42. The van der Waals surface area contributed by atoms with Crippen LogP contribution in [0.15, 0.2) is 0 Å². The summed E-state index contributed by atoms with van der Waals surface area (Å²) in [7, 11) is 0. The van der Waals surface area contributed by atoms with Gasteiger partial charge in [-0.15, -0.1) is 0 Å². The van der Waals surface area contributed by atoms with Crippen LogP contribution < -0.4 is 11.1 Å². The topological polar surface area (TPSA) is 55.1 Å². The van der Waals surface area contributed by atoms with E-state index < -0.39 is 0 Å². The number of hydrogen-bond acceptors (Lipinski definition) is 2. The fraction of sp³-hybridized carbons (Fsp3) is 0.933. The lowest BCUT2D eigenvalue weighted by Crippen LogP contribution is -2.48. The third-order valence-corrected chi connectivity index (χ3v) is 4.98. The highest BCUT2D eigenvalue weighted by atomic mass is 16.2. The van der Waals surface area contributed by atoms with E-state index in [4.69, 9.17) is 5.73 Å². The van der Waals surface area contributed by atoms with Crippen molar-refractivity contribution in [3.05, 3.63) is 0 Å². The van der Waals surface area contributed by atoms with Gasteiger partial charge in [-0.05, 0) is 31.1 Å². The molecular weight excluding hydrogens is 224 g/mol. The van der Waals surface area contributed by atoms with Gasteiger partial charge in [0.25, 0.3) is 0 Å². The smallest absolute Gasteiger partial charge is 0.224 e. The van der Waals surface area contributed by atoms with Crippen LogP contribution in [0.1, 0.15) is 65.2 Å². The third-order valence-electron chi connectivity index (χ3n) is 4.98. The number of rotatable bonds is 2. The molecule has 1 amide bonds. The maximum atomic E-state index is 12.4. The molecule has 0 aromatic rings. The molecule has 18 heavy (non-hydrogen) atoms. The average Bonchev–Trinajstić information content (AvgIpc) is 2.51. The molecule has 3 nitrogen and oxygen atoms in total. The van der Waals surface area contributed by atoms with Crippen LogP contribution in [0.25, 0.3) is 0 Å². The normalized spacial score (nSPS) is 36.1. The van der Waals surface area contributed by atoms with E-state index in [1.807, 2.05) is 0 Å². The summed E-state index contributed by atoms with van der Waals surface area (Å²) >= 11 is 0. The maximum Gasteiger partial charge on any atom is 0.224 e. The Kier molecular flexibility index (Phi) is 4.31. The van der Waals surface area contributed by atoms with Gasteiger partial charge in [0.2, 0.25) is 5.91 Å². The molecule has 0 heterocycles. The van der Waals surface area contributed by atoms with Crippen molar-refractivity contribution < 1.29 is 4.79 Å². The van der Waals surface area contributed by atoms with Crippen LogP contribution in [0.2, 0.25) is 0 Å². The second-order valence-electron chi connectivity index (χ2n) is 6.85. The van der Waals surface area contributed by atoms with E-state index >= 15 is 0 Å². The highest BCUT2D eigenvalue weighted by Gasteiger charge is 2.37. The molecule has 104 valence electrons. The zero-order valence-electron chi connectivity index (χ0n) is 11.9. The van der Waals surface area contributed by atoms with Gasteiger partial charge in [-0.2, -0.15) is 0 Å². The number of carbonyl (C=O) groups is 1. The van der Waals surface area contributed by atoms with E-state index in [1.165, 1.54) is 25.7 Å². The van der Waals surface area contributed by atoms with Crippen LogP contribution in [0.5, 0.6) is 0 Å². The quantitative estimate of drug-likeness (QED) is 0.742. The summed E-state index contributed by atoms with van der Waals surface area (Å²) < 4.78 is 0. The van der Waals surface area contributed by atoms with Crippen molar-refractivity contribution in [2.24, 2.45) is 17.1 Å². The van der Waals surface area contributed by atoms with Gasteiger partial charge in [0.1, 0.15) is 0 Å². The van der Waals surface area contributed by atoms with Crippen LogP contribution in [0.4, 0.5) is 0 Å². The summed E-state index contributed by atoms with van der Waals surface area (Å²) in [5.74, 6) is 0.258. The molecule has 3 heteroatoms. The lowest BCUT2D eigenvalue weighted by molar-refractivity contribution is -0.127. The SMILES string of the molecule is CC1(C)CCCC1NC(=O)C1CCCCCC1N. The van der Waals surface area contributed by atoms with E-state index in [-0.39, 0.29) is 23.3 Å². The summed E-state index contributed by atoms with van der Waals surface area (Å²) in [5, 5.41) is 3.28. The predicted molar refractivity (Wildman–Crippen MR) is 74.1 cm³/mol. The second kappa shape index (κ2) is 5.60. The Morgan fingerprint density at radius 1 is 1.11 bits per heavy atom. The molecule has 0 spiro atoms. The van der Waals surface area contributed by atoms with Crippen molar-refractivity contribution in [1.82, 2.24) is 5.32 Å². The molecule has 0 radical (unpaired) electrons. The number of nitrogens with two attached hydrogens (primary N) is 1. The number of nitrogens with one attached hydrogen (secondary N) is 1. The molecule has 2 rings (SSSR count). The average molecular weight is 252 g/mol. The highest BCUT2D eigenvalue weighted by Crippen LogP contribution is 2.37. The Labute approximate surface area is 111 Å². The maximum absolute atomic E-state index is 12.4. The van der Waals surface area contributed by atoms with Crippen molar-refractivity contribution >= 4 is 5.91 Å². The minimum atomic E-state index is 0.0453. The van der Waals surface area contributed by atoms with Gasteiger partial charge in [-0.1, -0.05) is 39.5 Å². The standard InChI is InChI=1S/C15H28N2O/c1-15(2)10-6-9-13(15)17-14(18)11-7-4-3-5-8-12(11)16/h11-13H,3-10,16H2,1-2H3,(H,17,18). The Balaban J connectivity index is 1.94. The van der Waals surface area contributed by atoms with Gasteiger partial charge in [0, 0.05) is 12.1 Å². The van der Waals surface area contributed by atoms with Gasteiger partial charge in [0.15, 0.2) is 0 Å². The molecule has 0 aromatic carbocycles. The predicted octanol–water partition coefficient (Wildman–Crippen LogP) is 2.59. The molecule has 0 saturated heterocycles. The molecule has 2 saturated carbocycles. The van der Waals surface area contributed by atoms with Crippen LogP contribution in [-0.4, -0.2) is 18.0 Å². The molecule has 0 bridgehead atoms. The number of amides is 1. The molecule has 2 fully saturated rings. The molecule has 2 aliphatic carbocycles. The number of carbonyl (C=O) groups excluding carboxylic acids is 1. The Morgan fingerprint density at radius 2 is 1.83 bits per heavy atom. The molecule has 0 aliphatic heterocycles. The van der Waals surface area contributed by atoms with Crippen molar-refractivity contribution in [3.8, 4) is 0 Å². The Bertz CT molecular complexity index is 301. The van der Waals surface area contributed by atoms with Crippen LogP contribution in [-0.2, 0) is 4.79 Å². The Morgan fingerprint density at radius 3 is 2.50 bits per heavy atom. The first kappa shape index (κ1) is 13.9.